The molecule has 9 heteroatoms. The Hall–Kier alpha value is -4.16. The number of likely N-dealkylation sites (N-methyl/N-ethyl adjacent to an activating group) is 1. The van der Waals surface area contributed by atoms with E-state index in [0.29, 0.717) is 23.5 Å². The molecule has 4 rings (SSSR count). The average molecular weight is 474 g/mol. The Morgan fingerprint density at radius 2 is 2.06 bits per heavy atom. The number of rotatable bonds is 4. The third-order valence-corrected chi connectivity index (χ3v) is 5.51. The number of aliphatic hydroxyl groups is 1. The Morgan fingerprint density at radius 3 is 2.80 bits per heavy atom. The molecule has 2 aromatic carbocycles. The van der Waals surface area contributed by atoms with E-state index in [1.54, 1.807) is 43.8 Å². The van der Waals surface area contributed by atoms with Crippen molar-refractivity contribution in [3.05, 3.63) is 71.3 Å². The highest BCUT2D eigenvalue weighted by Gasteiger charge is 2.31. The van der Waals surface area contributed by atoms with Crippen LogP contribution in [0.3, 0.4) is 0 Å². The predicted molar refractivity (Wildman–Crippen MR) is 130 cm³/mol. The number of ether oxygens (including phenoxy) is 1. The van der Waals surface area contributed by atoms with Gasteiger partial charge in [0, 0.05) is 12.6 Å². The second kappa shape index (κ2) is 9.60. The number of hydrogen-bond donors (Lipinski definition) is 2. The fraction of sp³-hybridized carbons (Fsp3) is 0.308. The van der Waals surface area contributed by atoms with Gasteiger partial charge in [-0.2, -0.15) is 0 Å². The van der Waals surface area contributed by atoms with Crippen LogP contribution in [0.4, 0.5) is 5.69 Å². The van der Waals surface area contributed by atoms with Crippen LogP contribution in [0, 0.1) is 18.8 Å². The molecule has 0 spiro atoms. The van der Waals surface area contributed by atoms with Crippen LogP contribution >= 0.6 is 0 Å². The van der Waals surface area contributed by atoms with Gasteiger partial charge in [-0.1, -0.05) is 36.1 Å². The minimum absolute atomic E-state index is 0.0278. The lowest BCUT2D eigenvalue weighted by atomic mass is 10.1. The Kier molecular flexibility index (Phi) is 6.58. The molecule has 1 atom stereocenters. The van der Waals surface area contributed by atoms with E-state index < -0.39 is 17.6 Å². The third-order valence-electron chi connectivity index (χ3n) is 5.51. The summed E-state index contributed by atoms with van der Waals surface area (Å²) in [7, 11) is 1.61. The molecule has 0 saturated carbocycles. The minimum Gasteiger partial charge on any atom is -0.489 e. The van der Waals surface area contributed by atoms with Gasteiger partial charge in [-0.05, 0) is 50.1 Å². The molecule has 0 radical (unpaired) electrons. The van der Waals surface area contributed by atoms with Crippen molar-refractivity contribution in [1.82, 2.24) is 20.1 Å². The van der Waals surface area contributed by atoms with Crippen molar-refractivity contribution in [2.45, 2.75) is 39.0 Å². The van der Waals surface area contributed by atoms with Crippen LogP contribution in [0.25, 0.3) is 0 Å². The lowest BCUT2D eigenvalue weighted by Crippen LogP contribution is -2.49. The summed E-state index contributed by atoms with van der Waals surface area (Å²) in [6.45, 7) is 5.64. The number of carbonyl (C=O) groups excluding carboxylic acids is 2. The van der Waals surface area contributed by atoms with Crippen molar-refractivity contribution in [3.63, 3.8) is 0 Å². The number of hydrogen-bond acceptors (Lipinski definition) is 6. The van der Waals surface area contributed by atoms with Gasteiger partial charge in [0.25, 0.3) is 11.8 Å². The summed E-state index contributed by atoms with van der Waals surface area (Å²) in [4.78, 5) is 31.4. The quantitative estimate of drug-likeness (QED) is 0.561. The average Bonchev–Trinajstić information content (AvgIpc) is 3.25. The van der Waals surface area contributed by atoms with Crippen molar-refractivity contribution in [2.75, 3.05) is 18.6 Å². The van der Waals surface area contributed by atoms with Crippen LogP contribution in [0.15, 0.2) is 48.8 Å². The topological polar surface area (TPSA) is 110 Å². The monoisotopic (exact) mass is 473 g/mol. The lowest BCUT2D eigenvalue weighted by molar-refractivity contribution is -0.120. The molecular weight excluding hydrogens is 446 g/mol. The Bertz CT molecular complexity index is 1330. The zero-order valence-electron chi connectivity index (χ0n) is 20.1. The van der Waals surface area contributed by atoms with Crippen LogP contribution in [0.1, 0.15) is 41.2 Å². The molecule has 180 valence electrons. The molecule has 0 saturated heterocycles. The smallest absolute Gasteiger partial charge is 0.291 e. The standard InChI is InChI=1S/C26H27N5O4/c1-17-7-5-6-8-19(17)14-31-16-27-23(29-31)24(32)28-20-15-35-22-10-9-18(11-12-26(2,3)34)13-21(22)30(4)25(20)33/h5-10,13,16,20,34H,14-15H2,1-4H3,(H,28,32). The largest absolute Gasteiger partial charge is 0.489 e. The van der Waals surface area contributed by atoms with E-state index in [2.05, 4.69) is 27.2 Å². The number of nitrogens with one attached hydrogen (secondary N) is 1. The zero-order valence-corrected chi connectivity index (χ0v) is 20.1. The summed E-state index contributed by atoms with van der Waals surface area (Å²) in [5.74, 6) is 5.20. The molecular formula is C26H27N5O4. The van der Waals surface area contributed by atoms with Gasteiger partial charge in [0.2, 0.25) is 5.82 Å². The van der Waals surface area contributed by atoms with Gasteiger partial charge < -0.3 is 20.1 Å². The highest BCUT2D eigenvalue weighted by molar-refractivity contribution is 6.02. The van der Waals surface area contributed by atoms with E-state index in [-0.39, 0.29) is 18.3 Å². The molecule has 2 heterocycles. The van der Waals surface area contributed by atoms with E-state index in [1.165, 1.54) is 11.2 Å². The molecule has 0 aliphatic carbocycles. The van der Waals surface area contributed by atoms with Gasteiger partial charge in [0.05, 0.1) is 12.2 Å². The molecule has 0 bridgehead atoms. The maximum atomic E-state index is 13.1. The van der Waals surface area contributed by atoms with Gasteiger partial charge in [-0.3, -0.25) is 9.59 Å². The van der Waals surface area contributed by atoms with Crippen molar-refractivity contribution in [3.8, 4) is 17.6 Å². The molecule has 35 heavy (non-hydrogen) atoms. The molecule has 2 amide bonds. The summed E-state index contributed by atoms with van der Waals surface area (Å²) in [5, 5.41) is 16.8. The second-order valence-electron chi connectivity index (χ2n) is 8.92. The third kappa shape index (κ3) is 5.67. The van der Waals surface area contributed by atoms with Crippen LogP contribution in [0.2, 0.25) is 0 Å². The maximum Gasteiger partial charge on any atom is 0.291 e. The molecule has 3 aromatic rings. The highest BCUT2D eigenvalue weighted by atomic mass is 16.5. The van der Waals surface area contributed by atoms with E-state index in [9.17, 15) is 14.7 Å². The number of aryl methyl sites for hydroxylation is 1. The number of benzene rings is 2. The number of aromatic nitrogens is 3. The van der Waals surface area contributed by atoms with E-state index in [4.69, 9.17) is 4.74 Å². The predicted octanol–water partition coefficient (Wildman–Crippen LogP) is 1.91. The maximum absolute atomic E-state index is 13.1. The molecule has 1 aromatic heterocycles. The normalized spacial score (nSPS) is 15.4. The Labute approximate surface area is 203 Å². The number of fused-ring (bicyclic) bond motifs is 1. The van der Waals surface area contributed by atoms with E-state index >= 15 is 0 Å². The first-order valence-corrected chi connectivity index (χ1v) is 11.2. The zero-order chi connectivity index (χ0) is 25.2. The second-order valence-corrected chi connectivity index (χ2v) is 8.92. The number of nitrogens with zero attached hydrogens (tertiary/aromatic N) is 4. The summed E-state index contributed by atoms with van der Waals surface area (Å²) in [6, 6.07) is 12.2. The Balaban J connectivity index is 1.46. The Morgan fingerprint density at radius 1 is 1.29 bits per heavy atom. The lowest BCUT2D eigenvalue weighted by Gasteiger charge is -2.20. The van der Waals surface area contributed by atoms with E-state index in [1.807, 2.05) is 31.2 Å². The first-order valence-electron chi connectivity index (χ1n) is 11.2. The fourth-order valence-electron chi connectivity index (χ4n) is 3.56. The first-order chi connectivity index (χ1) is 16.6. The van der Waals surface area contributed by atoms with Crippen molar-refractivity contribution >= 4 is 17.5 Å². The van der Waals surface area contributed by atoms with Crippen LogP contribution in [-0.4, -0.2) is 57.0 Å². The van der Waals surface area contributed by atoms with Crippen molar-refractivity contribution in [2.24, 2.45) is 0 Å². The number of anilines is 1. The SMILES string of the molecule is Cc1ccccc1Cn1cnc(C(=O)NC2COc3ccc(C#CC(C)(C)O)cc3N(C)C2=O)n1. The van der Waals surface area contributed by atoms with Gasteiger partial charge in [-0.25, -0.2) is 9.67 Å². The summed E-state index contributed by atoms with van der Waals surface area (Å²) in [5.41, 5.74) is 2.20. The van der Waals surface area contributed by atoms with Gasteiger partial charge in [0.1, 0.15) is 30.3 Å². The molecule has 1 aliphatic rings. The first kappa shape index (κ1) is 24.0. The summed E-state index contributed by atoms with van der Waals surface area (Å²) < 4.78 is 7.40. The van der Waals surface area contributed by atoms with Crippen LogP contribution < -0.4 is 15.0 Å². The number of carbonyl (C=O) groups is 2. The summed E-state index contributed by atoms with van der Waals surface area (Å²) >= 11 is 0. The van der Waals surface area contributed by atoms with E-state index in [0.717, 1.165) is 11.1 Å². The van der Waals surface area contributed by atoms with Crippen molar-refractivity contribution < 1.29 is 19.4 Å². The molecule has 1 unspecified atom stereocenters. The minimum atomic E-state index is -1.14. The molecule has 2 N–H and O–H groups in total. The van der Waals surface area contributed by atoms with Gasteiger partial charge >= 0.3 is 0 Å². The van der Waals surface area contributed by atoms with Gasteiger partial charge in [-0.15, -0.1) is 5.10 Å². The molecule has 0 fully saturated rings. The highest BCUT2D eigenvalue weighted by Crippen LogP contribution is 2.31. The van der Waals surface area contributed by atoms with Crippen LogP contribution in [-0.2, 0) is 11.3 Å². The summed E-state index contributed by atoms with van der Waals surface area (Å²) in [6.07, 6.45) is 1.49. The van der Waals surface area contributed by atoms with Crippen molar-refractivity contribution in [1.29, 1.82) is 0 Å². The fourth-order valence-corrected chi connectivity index (χ4v) is 3.56. The molecule has 9 nitrogen and oxygen atoms in total. The number of amides is 2. The van der Waals surface area contributed by atoms with Gasteiger partial charge in [0.15, 0.2) is 0 Å². The molecule has 1 aliphatic heterocycles. The van der Waals surface area contributed by atoms with Crippen LogP contribution in [0.5, 0.6) is 5.75 Å².